The number of amides is 1. The largest absolute Gasteiger partial charge is 0.339 e. The Morgan fingerprint density at radius 2 is 2.15 bits per heavy atom. The van der Waals surface area contributed by atoms with Gasteiger partial charge in [0.1, 0.15) is 5.82 Å². The summed E-state index contributed by atoms with van der Waals surface area (Å²) in [5.74, 6) is 1.31. The zero-order valence-electron chi connectivity index (χ0n) is 14.7. The van der Waals surface area contributed by atoms with Gasteiger partial charge >= 0.3 is 0 Å². The summed E-state index contributed by atoms with van der Waals surface area (Å²) in [6.07, 6.45) is 6.89. The number of nitrogens with zero attached hydrogens (tertiary/aromatic N) is 3. The number of piperidine rings is 1. The van der Waals surface area contributed by atoms with Crippen LogP contribution in [0.15, 0.2) is 42.9 Å². The van der Waals surface area contributed by atoms with Crippen LogP contribution in [0.5, 0.6) is 0 Å². The van der Waals surface area contributed by atoms with E-state index in [2.05, 4.69) is 22.2 Å². The molecule has 0 radical (unpaired) electrons. The molecule has 1 aliphatic rings. The number of halogens is 2. The van der Waals surface area contributed by atoms with Gasteiger partial charge in [0, 0.05) is 42.8 Å². The Kier molecular flexibility index (Phi) is 8.78. The van der Waals surface area contributed by atoms with Crippen LogP contribution in [-0.4, -0.2) is 39.9 Å². The first-order chi connectivity index (χ1) is 11.7. The first kappa shape index (κ1) is 22.2. The van der Waals surface area contributed by atoms with E-state index in [-0.39, 0.29) is 36.8 Å². The molecule has 3 N–H and O–H groups in total. The molecular weight excluding hydrogens is 373 g/mol. The molecule has 1 fully saturated rings. The second kappa shape index (κ2) is 10.3. The number of hydrogen-bond donors (Lipinski definition) is 2. The molecule has 2 aromatic rings. The van der Waals surface area contributed by atoms with Crippen LogP contribution in [0, 0.1) is 5.92 Å². The van der Waals surface area contributed by atoms with Crippen molar-refractivity contribution < 1.29 is 4.79 Å². The van der Waals surface area contributed by atoms with Crippen molar-refractivity contribution in [2.45, 2.75) is 25.8 Å². The minimum absolute atomic E-state index is 0. The Morgan fingerprint density at radius 3 is 2.85 bits per heavy atom. The zero-order chi connectivity index (χ0) is 16.9. The second-order valence-corrected chi connectivity index (χ2v) is 6.31. The lowest BCUT2D eigenvalue weighted by molar-refractivity contribution is 0.0573. The van der Waals surface area contributed by atoms with Crippen molar-refractivity contribution in [2.24, 2.45) is 11.7 Å². The maximum Gasteiger partial charge on any atom is 0.254 e. The molecule has 8 heteroatoms. The number of nitrogens with one attached hydrogen (secondary N) is 1. The lowest BCUT2D eigenvalue weighted by atomic mass is 9.92. The van der Waals surface area contributed by atoms with E-state index in [0.717, 1.165) is 25.1 Å². The van der Waals surface area contributed by atoms with E-state index in [0.29, 0.717) is 23.8 Å². The van der Waals surface area contributed by atoms with Crippen LogP contribution in [0.1, 0.15) is 30.1 Å². The van der Waals surface area contributed by atoms with E-state index >= 15 is 0 Å². The molecule has 2 unspecified atom stereocenters. The van der Waals surface area contributed by atoms with Gasteiger partial charge in [0.2, 0.25) is 0 Å². The minimum atomic E-state index is 0. The van der Waals surface area contributed by atoms with E-state index in [4.69, 9.17) is 5.73 Å². The lowest BCUT2D eigenvalue weighted by Gasteiger charge is -2.38. The van der Waals surface area contributed by atoms with Crippen LogP contribution in [0.25, 0.3) is 0 Å². The maximum absolute atomic E-state index is 12.9. The first-order valence-electron chi connectivity index (χ1n) is 8.31. The fraction of sp³-hybridized carbons (Fsp3) is 0.389. The normalized spacial score (nSPS) is 19.1. The predicted octanol–water partition coefficient (Wildman–Crippen LogP) is 3.26. The van der Waals surface area contributed by atoms with Crippen molar-refractivity contribution in [3.8, 4) is 0 Å². The third-order valence-electron chi connectivity index (χ3n) is 4.46. The molecule has 1 aromatic heterocycles. The fourth-order valence-electron chi connectivity index (χ4n) is 3.15. The van der Waals surface area contributed by atoms with Gasteiger partial charge in [-0.05, 0) is 37.0 Å². The van der Waals surface area contributed by atoms with E-state index in [9.17, 15) is 4.79 Å². The Bertz CT molecular complexity index is 701. The number of carbonyl (C=O) groups is 1. The van der Waals surface area contributed by atoms with Crippen molar-refractivity contribution in [2.75, 3.05) is 18.4 Å². The van der Waals surface area contributed by atoms with E-state index in [1.165, 1.54) is 0 Å². The number of anilines is 2. The predicted molar refractivity (Wildman–Crippen MR) is 109 cm³/mol. The third kappa shape index (κ3) is 5.30. The molecule has 2 heterocycles. The lowest BCUT2D eigenvalue weighted by Crippen LogP contribution is -2.49. The van der Waals surface area contributed by atoms with Gasteiger partial charge in [-0.1, -0.05) is 13.0 Å². The quantitative estimate of drug-likeness (QED) is 0.826. The summed E-state index contributed by atoms with van der Waals surface area (Å²) < 4.78 is 0. The van der Waals surface area contributed by atoms with Crippen molar-refractivity contribution >= 4 is 42.2 Å². The molecule has 0 spiro atoms. The Balaban J connectivity index is 0.00000169. The summed E-state index contributed by atoms with van der Waals surface area (Å²) in [5.41, 5.74) is 7.36. The molecular formula is C18H25Cl2N5O. The Labute approximate surface area is 166 Å². The van der Waals surface area contributed by atoms with Crippen molar-refractivity contribution in [1.82, 2.24) is 14.9 Å². The van der Waals surface area contributed by atoms with E-state index in [1.807, 2.05) is 29.2 Å². The molecule has 26 heavy (non-hydrogen) atoms. The van der Waals surface area contributed by atoms with Crippen molar-refractivity contribution in [3.05, 3.63) is 48.4 Å². The highest BCUT2D eigenvalue weighted by atomic mass is 35.5. The topological polar surface area (TPSA) is 84.1 Å². The third-order valence-corrected chi connectivity index (χ3v) is 4.46. The maximum atomic E-state index is 12.9. The average Bonchev–Trinajstić information content (AvgIpc) is 2.62. The molecule has 0 bridgehead atoms. The monoisotopic (exact) mass is 397 g/mol. The summed E-state index contributed by atoms with van der Waals surface area (Å²) in [4.78, 5) is 23.0. The van der Waals surface area contributed by atoms with Crippen LogP contribution < -0.4 is 11.1 Å². The van der Waals surface area contributed by atoms with Gasteiger partial charge in [0.25, 0.3) is 5.91 Å². The van der Waals surface area contributed by atoms with Gasteiger partial charge in [-0.2, -0.15) is 0 Å². The van der Waals surface area contributed by atoms with Gasteiger partial charge in [-0.25, -0.2) is 4.98 Å². The Morgan fingerprint density at radius 1 is 1.35 bits per heavy atom. The summed E-state index contributed by atoms with van der Waals surface area (Å²) in [5, 5.41) is 3.17. The fourth-order valence-corrected chi connectivity index (χ4v) is 3.15. The number of aromatic nitrogens is 2. The Hall–Kier alpha value is -1.89. The standard InChI is InChI=1S/C18H23N5O.2ClH/c1-13-5-8-23(16(9-13)11-19)18(24)14-3-2-4-15(10-14)22-17-12-20-6-7-21-17;;/h2-4,6-7,10,12-13,16H,5,8-9,11,19H2,1H3,(H,21,22);2*1H. The number of carbonyl (C=O) groups excluding carboxylic acids is 1. The van der Waals surface area contributed by atoms with Crippen LogP contribution in [-0.2, 0) is 0 Å². The molecule has 0 saturated carbocycles. The molecule has 1 saturated heterocycles. The highest BCUT2D eigenvalue weighted by Crippen LogP contribution is 2.24. The molecule has 1 aliphatic heterocycles. The highest BCUT2D eigenvalue weighted by molar-refractivity contribution is 5.95. The number of hydrogen-bond acceptors (Lipinski definition) is 5. The first-order valence-corrected chi connectivity index (χ1v) is 8.31. The molecule has 1 amide bonds. The van der Waals surface area contributed by atoms with E-state index < -0.39 is 0 Å². The van der Waals surface area contributed by atoms with Gasteiger partial charge in [-0.15, -0.1) is 24.8 Å². The van der Waals surface area contributed by atoms with Crippen LogP contribution in [0.2, 0.25) is 0 Å². The van der Waals surface area contributed by atoms with Gasteiger partial charge < -0.3 is 16.0 Å². The smallest absolute Gasteiger partial charge is 0.254 e. The van der Waals surface area contributed by atoms with Gasteiger partial charge in [0.15, 0.2) is 0 Å². The SMILES string of the molecule is CC1CCN(C(=O)c2cccc(Nc3cnccn3)c2)C(CN)C1.Cl.Cl. The van der Waals surface area contributed by atoms with Crippen molar-refractivity contribution in [1.29, 1.82) is 0 Å². The molecule has 1 aromatic carbocycles. The minimum Gasteiger partial charge on any atom is -0.339 e. The summed E-state index contributed by atoms with van der Waals surface area (Å²) >= 11 is 0. The molecule has 3 rings (SSSR count). The number of likely N-dealkylation sites (tertiary alicyclic amines) is 1. The summed E-state index contributed by atoms with van der Waals surface area (Å²) in [6, 6.07) is 7.59. The van der Waals surface area contributed by atoms with Crippen LogP contribution in [0.4, 0.5) is 11.5 Å². The zero-order valence-corrected chi connectivity index (χ0v) is 16.3. The van der Waals surface area contributed by atoms with Crippen LogP contribution >= 0.6 is 24.8 Å². The second-order valence-electron chi connectivity index (χ2n) is 6.31. The van der Waals surface area contributed by atoms with Gasteiger partial charge in [0.05, 0.1) is 6.20 Å². The summed E-state index contributed by atoms with van der Waals surface area (Å²) in [7, 11) is 0. The molecule has 0 aliphatic carbocycles. The molecule has 6 nitrogen and oxygen atoms in total. The van der Waals surface area contributed by atoms with Crippen LogP contribution in [0.3, 0.4) is 0 Å². The number of rotatable bonds is 4. The van der Waals surface area contributed by atoms with E-state index in [1.54, 1.807) is 18.6 Å². The number of nitrogens with two attached hydrogens (primary N) is 1. The van der Waals surface area contributed by atoms with Crippen molar-refractivity contribution in [3.63, 3.8) is 0 Å². The summed E-state index contributed by atoms with van der Waals surface area (Å²) in [6.45, 7) is 3.49. The number of benzene rings is 1. The highest BCUT2D eigenvalue weighted by Gasteiger charge is 2.29. The average molecular weight is 398 g/mol. The molecule has 142 valence electrons. The van der Waals surface area contributed by atoms with Gasteiger partial charge in [-0.3, -0.25) is 9.78 Å². The molecule has 2 atom stereocenters.